The van der Waals surface area contributed by atoms with E-state index in [0.29, 0.717) is 10.7 Å². The fraction of sp³-hybridized carbons (Fsp3) is 0.0625. The van der Waals surface area contributed by atoms with E-state index in [1.54, 1.807) is 16.5 Å². The van der Waals surface area contributed by atoms with Gasteiger partial charge < -0.3 is 4.40 Å². The summed E-state index contributed by atoms with van der Waals surface area (Å²) in [5.74, 6) is -0.266. The van der Waals surface area contributed by atoms with Crippen molar-refractivity contribution in [3.63, 3.8) is 0 Å². The molecular weight excluding hydrogens is 275 g/mol. The van der Waals surface area contributed by atoms with E-state index in [1.807, 2.05) is 25.3 Å². The zero-order valence-corrected chi connectivity index (χ0v) is 11.4. The summed E-state index contributed by atoms with van der Waals surface area (Å²) < 4.78 is 14.7. The van der Waals surface area contributed by atoms with Gasteiger partial charge in [0.2, 0.25) is 0 Å². The Morgan fingerprint density at radius 3 is 2.50 bits per heavy atom. The summed E-state index contributed by atoms with van der Waals surface area (Å²) in [4.78, 5) is 0. The van der Waals surface area contributed by atoms with Crippen molar-refractivity contribution in [3.8, 4) is 17.2 Å². The lowest BCUT2D eigenvalue weighted by Crippen LogP contribution is -1.92. The van der Waals surface area contributed by atoms with Crippen molar-refractivity contribution in [2.45, 2.75) is 6.92 Å². The standard InChI is InChI=1S/C16H10ClFN2/c1-10-6-14-7-12(11-2-4-13(18)5-3-11)9-20(14)16(17)15(10)8-19/h2-7,9H,1H3. The van der Waals surface area contributed by atoms with Crippen LogP contribution < -0.4 is 0 Å². The average Bonchev–Trinajstić information content (AvgIpc) is 2.84. The Morgan fingerprint density at radius 1 is 1.15 bits per heavy atom. The van der Waals surface area contributed by atoms with Crippen molar-refractivity contribution in [1.82, 2.24) is 4.40 Å². The number of nitrogens with zero attached hydrogens (tertiary/aromatic N) is 2. The van der Waals surface area contributed by atoms with E-state index in [1.165, 1.54) is 12.1 Å². The second-order valence-electron chi connectivity index (χ2n) is 4.64. The largest absolute Gasteiger partial charge is 0.306 e. The van der Waals surface area contributed by atoms with E-state index in [0.717, 1.165) is 22.2 Å². The molecule has 0 aliphatic carbocycles. The molecule has 4 heteroatoms. The fourth-order valence-corrected chi connectivity index (χ4v) is 2.61. The van der Waals surface area contributed by atoms with Crippen molar-refractivity contribution in [2.75, 3.05) is 0 Å². The third-order valence-corrected chi connectivity index (χ3v) is 3.69. The number of aryl methyl sites for hydroxylation is 1. The first-order valence-electron chi connectivity index (χ1n) is 6.07. The normalized spacial score (nSPS) is 10.7. The molecule has 0 bridgehead atoms. The van der Waals surface area contributed by atoms with Gasteiger partial charge in [0.05, 0.1) is 5.56 Å². The second kappa shape index (κ2) is 4.66. The molecular formula is C16H10ClFN2. The van der Waals surface area contributed by atoms with Crippen LogP contribution in [-0.2, 0) is 0 Å². The van der Waals surface area contributed by atoms with Gasteiger partial charge in [0.25, 0.3) is 0 Å². The molecule has 0 saturated heterocycles. The maximum absolute atomic E-state index is 13.0. The van der Waals surface area contributed by atoms with Gasteiger partial charge in [-0.25, -0.2) is 4.39 Å². The highest BCUT2D eigenvalue weighted by atomic mass is 35.5. The monoisotopic (exact) mass is 284 g/mol. The molecule has 0 aliphatic heterocycles. The lowest BCUT2D eigenvalue weighted by Gasteiger charge is -2.03. The Morgan fingerprint density at radius 2 is 1.85 bits per heavy atom. The molecule has 1 aromatic carbocycles. The molecule has 2 nitrogen and oxygen atoms in total. The van der Waals surface area contributed by atoms with Crippen LogP contribution in [0.25, 0.3) is 16.6 Å². The lowest BCUT2D eigenvalue weighted by molar-refractivity contribution is 0.628. The smallest absolute Gasteiger partial charge is 0.131 e. The average molecular weight is 285 g/mol. The van der Waals surface area contributed by atoms with Crippen LogP contribution in [0.15, 0.2) is 42.6 Å². The molecule has 0 N–H and O–H groups in total. The minimum atomic E-state index is -0.266. The number of hydrogen-bond donors (Lipinski definition) is 0. The van der Waals surface area contributed by atoms with Gasteiger partial charge in [-0.3, -0.25) is 0 Å². The first-order valence-corrected chi connectivity index (χ1v) is 6.45. The highest BCUT2D eigenvalue weighted by Gasteiger charge is 2.11. The number of pyridine rings is 1. The molecule has 20 heavy (non-hydrogen) atoms. The number of hydrogen-bond acceptors (Lipinski definition) is 1. The Kier molecular flexibility index (Phi) is 2.96. The highest BCUT2D eigenvalue weighted by molar-refractivity contribution is 6.31. The molecule has 98 valence electrons. The van der Waals surface area contributed by atoms with E-state index in [-0.39, 0.29) is 5.82 Å². The first kappa shape index (κ1) is 12.7. The molecule has 3 aromatic rings. The number of aromatic nitrogens is 1. The Bertz CT molecular complexity index is 842. The van der Waals surface area contributed by atoms with E-state index in [9.17, 15) is 4.39 Å². The van der Waals surface area contributed by atoms with Crippen LogP contribution in [0.3, 0.4) is 0 Å². The van der Waals surface area contributed by atoms with Crippen LogP contribution in [0.2, 0.25) is 5.15 Å². The number of halogens is 2. The predicted octanol–water partition coefficient (Wildman–Crippen LogP) is 4.58. The maximum Gasteiger partial charge on any atom is 0.131 e. The van der Waals surface area contributed by atoms with Gasteiger partial charge in [0.1, 0.15) is 17.0 Å². The van der Waals surface area contributed by atoms with Crippen molar-refractivity contribution in [2.24, 2.45) is 0 Å². The van der Waals surface area contributed by atoms with Crippen LogP contribution in [-0.4, -0.2) is 4.40 Å². The van der Waals surface area contributed by atoms with Gasteiger partial charge in [-0.2, -0.15) is 5.26 Å². The van der Waals surface area contributed by atoms with Crippen LogP contribution in [0.5, 0.6) is 0 Å². The molecule has 2 heterocycles. The number of nitriles is 1. The van der Waals surface area contributed by atoms with Crippen molar-refractivity contribution in [3.05, 3.63) is 64.7 Å². The lowest BCUT2D eigenvalue weighted by atomic mass is 10.1. The molecule has 0 fully saturated rings. The molecule has 0 unspecified atom stereocenters. The second-order valence-corrected chi connectivity index (χ2v) is 4.99. The van der Waals surface area contributed by atoms with Crippen LogP contribution in [0.1, 0.15) is 11.1 Å². The summed E-state index contributed by atoms with van der Waals surface area (Å²) >= 11 is 6.25. The van der Waals surface area contributed by atoms with Gasteiger partial charge in [-0.15, -0.1) is 0 Å². The van der Waals surface area contributed by atoms with Gasteiger partial charge in [-0.1, -0.05) is 23.7 Å². The molecule has 0 atom stereocenters. The summed E-state index contributed by atoms with van der Waals surface area (Å²) in [7, 11) is 0. The number of rotatable bonds is 1. The third-order valence-electron chi connectivity index (χ3n) is 3.32. The quantitative estimate of drug-likeness (QED) is 0.601. The maximum atomic E-state index is 13.0. The molecule has 2 aromatic heterocycles. The minimum absolute atomic E-state index is 0.266. The summed E-state index contributed by atoms with van der Waals surface area (Å²) in [6, 6.07) is 12.3. The van der Waals surface area contributed by atoms with Crippen molar-refractivity contribution in [1.29, 1.82) is 5.26 Å². The van der Waals surface area contributed by atoms with Crippen LogP contribution in [0, 0.1) is 24.1 Å². The zero-order valence-electron chi connectivity index (χ0n) is 10.7. The van der Waals surface area contributed by atoms with Crippen LogP contribution in [0.4, 0.5) is 4.39 Å². The molecule has 0 saturated carbocycles. The minimum Gasteiger partial charge on any atom is -0.306 e. The zero-order chi connectivity index (χ0) is 14.3. The van der Waals surface area contributed by atoms with Gasteiger partial charge >= 0.3 is 0 Å². The summed E-state index contributed by atoms with van der Waals surface area (Å²) in [6.07, 6.45) is 1.85. The Labute approximate surface area is 120 Å². The molecule has 0 spiro atoms. The Balaban J connectivity index is 2.23. The van der Waals surface area contributed by atoms with Crippen molar-refractivity contribution >= 4 is 17.1 Å². The van der Waals surface area contributed by atoms with Crippen molar-refractivity contribution < 1.29 is 4.39 Å². The number of benzene rings is 1. The van der Waals surface area contributed by atoms with Gasteiger partial charge in [0.15, 0.2) is 0 Å². The molecule has 0 amide bonds. The van der Waals surface area contributed by atoms with E-state index >= 15 is 0 Å². The molecule has 0 aliphatic rings. The van der Waals surface area contributed by atoms with E-state index < -0.39 is 0 Å². The third kappa shape index (κ3) is 1.95. The number of fused-ring (bicyclic) bond motifs is 1. The summed E-state index contributed by atoms with van der Waals surface area (Å²) in [5, 5.41) is 9.52. The van der Waals surface area contributed by atoms with E-state index in [4.69, 9.17) is 16.9 Å². The summed E-state index contributed by atoms with van der Waals surface area (Å²) in [6.45, 7) is 1.86. The van der Waals surface area contributed by atoms with Gasteiger partial charge in [0, 0.05) is 17.3 Å². The SMILES string of the molecule is Cc1cc2cc(-c3ccc(F)cc3)cn2c(Cl)c1C#N. The fourth-order valence-electron chi connectivity index (χ4n) is 2.27. The predicted molar refractivity (Wildman–Crippen MR) is 77.3 cm³/mol. The Hall–Kier alpha value is -2.31. The summed E-state index contributed by atoms with van der Waals surface area (Å²) in [5.41, 5.74) is 4.06. The van der Waals surface area contributed by atoms with Crippen LogP contribution >= 0.6 is 11.6 Å². The van der Waals surface area contributed by atoms with Gasteiger partial charge in [-0.05, 0) is 42.3 Å². The van der Waals surface area contributed by atoms with E-state index in [2.05, 4.69) is 6.07 Å². The topological polar surface area (TPSA) is 28.2 Å². The molecule has 3 rings (SSSR count). The highest BCUT2D eigenvalue weighted by Crippen LogP contribution is 2.28. The first-order chi connectivity index (χ1) is 9.60. The molecule has 0 radical (unpaired) electrons.